The molecule has 2 nitrogen and oxygen atoms in total. The van der Waals surface area contributed by atoms with E-state index < -0.39 is 0 Å². The molecule has 106 valence electrons. The molecule has 0 aromatic heterocycles. The Morgan fingerprint density at radius 3 is 2.68 bits per heavy atom. The molecule has 2 atom stereocenters. The highest BCUT2D eigenvalue weighted by Gasteiger charge is 2.23. The molecular weight excluding hydrogens is 265 g/mol. The summed E-state index contributed by atoms with van der Waals surface area (Å²) < 4.78 is 18.8. The molecular formula is C15H21ClFNO. The Balaban J connectivity index is 1.80. The van der Waals surface area contributed by atoms with Gasteiger partial charge in [-0.05, 0) is 48.9 Å². The molecule has 1 aromatic carbocycles. The van der Waals surface area contributed by atoms with Crippen LogP contribution in [0.5, 0.6) is 0 Å². The van der Waals surface area contributed by atoms with Crippen LogP contribution in [0.2, 0.25) is 5.02 Å². The van der Waals surface area contributed by atoms with E-state index in [0.29, 0.717) is 18.4 Å². The zero-order chi connectivity index (χ0) is 13.7. The first-order chi connectivity index (χ1) is 9.20. The number of ether oxygens (including phenoxy) is 1. The van der Waals surface area contributed by atoms with Crippen molar-refractivity contribution in [3.05, 3.63) is 34.6 Å². The van der Waals surface area contributed by atoms with Gasteiger partial charge in [0.05, 0.1) is 18.2 Å². The standard InChI is InChI=1S/C15H21ClFNO/c16-14-7-11(5-6-15(14)17)9-19-10-13-4-2-1-3-12(13)8-18/h5-7,12-13H,1-4,8-10,18H2. The van der Waals surface area contributed by atoms with Crippen molar-refractivity contribution >= 4 is 11.6 Å². The van der Waals surface area contributed by atoms with Crippen molar-refractivity contribution in [2.24, 2.45) is 17.6 Å². The van der Waals surface area contributed by atoms with Crippen LogP contribution in [0.4, 0.5) is 4.39 Å². The average molecular weight is 286 g/mol. The van der Waals surface area contributed by atoms with E-state index in [9.17, 15) is 4.39 Å². The van der Waals surface area contributed by atoms with Crippen molar-refractivity contribution in [3.63, 3.8) is 0 Å². The summed E-state index contributed by atoms with van der Waals surface area (Å²) in [5.74, 6) is 0.765. The van der Waals surface area contributed by atoms with Gasteiger partial charge in [-0.25, -0.2) is 4.39 Å². The highest BCUT2D eigenvalue weighted by atomic mass is 35.5. The van der Waals surface area contributed by atoms with Gasteiger partial charge in [0.2, 0.25) is 0 Å². The summed E-state index contributed by atoms with van der Waals surface area (Å²) in [6.45, 7) is 1.96. The third-order valence-corrected chi connectivity index (χ3v) is 4.24. The number of hydrogen-bond acceptors (Lipinski definition) is 2. The third kappa shape index (κ3) is 4.16. The van der Waals surface area contributed by atoms with E-state index in [1.165, 1.54) is 31.7 Å². The Bertz CT molecular complexity index is 413. The molecule has 19 heavy (non-hydrogen) atoms. The monoisotopic (exact) mass is 285 g/mol. The van der Waals surface area contributed by atoms with Crippen LogP contribution in [0.15, 0.2) is 18.2 Å². The summed E-state index contributed by atoms with van der Waals surface area (Å²) in [7, 11) is 0. The molecule has 0 saturated heterocycles. The first kappa shape index (κ1) is 14.8. The van der Waals surface area contributed by atoms with Crippen molar-refractivity contribution < 1.29 is 9.13 Å². The Kier molecular flexibility index (Phi) is 5.61. The fourth-order valence-corrected chi connectivity index (χ4v) is 2.97. The molecule has 2 unspecified atom stereocenters. The van der Waals surface area contributed by atoms with Gasteiger partial charge < -0.3 is 10.5 Å². The molecule has 0 spiro atoms. The maximum Gasteiger partial charge on any atom is 0.141 e. The van der Waals surface area contributed by atoms with Crippen LogP contribution in [0.25, 0.3) is 0 Å². The van der Waals surface area contributed by atoms with E-state index in [4.69, 9.17) is 22.1 Å². The molecule has 1 saturated carbocycles. The molecule has 1 fully saturated rings. The van der Waals surface area contributed by atoms with Gasteiger partial charge in [0.25, 0.3) is 0 Å². The van der Waals surface area contributed by atoms with Crippen LogP contribution in [0.3, 0.4) is 0 Å². The average Bonchev–Trinajstić information content (AvgIpc) is 2.43. The second-order valence-corrected chi connectivity index (χ2v) is 5.71. The number of rotatable bonds is 5. The van der Waals surface area contributed by atoms with E-state index in [0.717, 1.165) is 18.7 Å². The summed E-state index contributed by atoms with van der Waals surface area (Å²) in [5, 5.41) is 0.151. The smallest absolute Gasteiger partial charge is 0.141 e. The van der Waals surface area contributed by atoms with Crippen LogP contribution in [-0.2, 0) is 11.3 Å². The summed E-state index contributed by atoms with van der Waals surface area (Å²) in [6.07, 6.45) is 4.97. The largest absolute Gasteiger partial charge is 0.376 e. The van der Waals surface area contributed by atoms with Crippen LogP contribution < -0.4 is 5.73 Å². The molecule has 1 aliphatic carbocycles. The Hall–Kier alpha value is -0.640. The molecule has 1 aliphatic rings. The number of halogens is 2. The Morgan fingerprint density at radius 2 is 2.00 bits per heavy atom. The maximum absolute atomic E-state index is 13.0. The van der Waals surface area contributed by atoms with E-state index >= 15 is 0 Å². The minimum absolute atomic E-state index is 0.151. The molecule has 0 aliphatic heterocycles. The zero-order valence-electron chi connectivity index (χ0n) is 11.1. The fourth-order valence-electron chi connectivity index (χ4n) is 2.77. The summed E-state index contributed by atoms with van der Waals surface area (Å²) in [4.78, 5) is 0. The molecule has 0 bridgehead atoms. The molecule has 2 rings (SSSR count). The van der Waals surface area contributed by atoms with Crippen LogP contribution in [0.1, 0.15) is 31.2 Å². The van der Waals surface area contributed by atoms with Crippen molar-refractivity contribution in [1.29, 1.82) is 0 Å². The SMILES string of the molecule is NCC1CCCCC1COCc1ccc(F)c(Cl)c1. The minimum Gasteiger partial charge on any atom is -0.376 e. The predicted octanol–water partition coefficient (Wildman–Crippen LogP) is 3.76. The maximum atomic E-state index is 13.0. The normalized spacial score (nSPS) is 23.5. The molecule has 4 heteroatoms. The summed E-state index contributed by atoms with van der Waals surface area (Å²) >= 11 is 5.74. The minimum atomic E-state index is -0.388. The van der Waals surface area contributed by atoms with E-state index in [2.05, 4.69) is 0 Å². The van der Waals surface area contributed by atoms with Crippen molar-refractivity contribution in [3.8, 4) is 0 Å². The predicted molar refractivity (Wildman–Crippen MR) is 75.6 cm³/mol. The highest BCUT2D eigenvalue weighted by molar-refractivity contribution is 6.30. The Labute approximate surface area is 119 Å². The molecule has 2 N–H and O–H groups in total. The molecule has 1 aromatic rings. The summed E-state index contributed by atoms with van der Waals surface area (Å²) in [5.41, 5.74) is 6.71. The quantitative estimate of drug-likeness (QED) is 0.894. The van der Waals surface area contributed by atoms with Crippen LogP contribution >= 0.6 is 11.6 Å². The van der Waals surface area contributed by atoms with E-state index in [1.54, 1.807) is 12.1 Å². The second-order valence-electron chi connectivity index (χ2n) is 5.30. The first-order valence-corrected chi connectivity index (χ1v) is 7.30. The zero-order valence-corrected chi connectivity index (χ0v) is 11.8. The fraction of sp³-hybridized carbons (Fsp3) is 0.600. The van der Waals surface area contributed by atoms with Gasteiger partial charge in [-0.1, -0.05) is 30.5 Å². The molecule has 0 heterocycles. The van der Waals surface area contributed by atoms with Gasteiger partial charge in [-0.2, -0.15) is 0 Å². The van der Waals surface area contributed by atoms with E-state index in [-0.39, 0.29) is 10.8 Å². The molecule has 0 amide bonds. The lowest BCUT2D eigenvalue weighted by Crippen LogP contribution is -2.29. The van der Waals surface area contributed by atoms with Gasteiger partial charge >= 0.3 is 0 Å². The highest BCUT2D eigenvalue weighted by Crippen LogP contribution is 2.29. The van der Waals surface area contributed by atoms with Gasteiger partial charge in [-0.3, -0.25) is 0 Å². The van der Waals surface area contributed by atoms with Gasteiger partial charge in [0.15, 0.2) is 0 Å². The van der Waals surface area contributed by atoms with Gasteiger partial charge in [0.1, 0.15) is 5.82 Å². The van der Waals surface area contributed by atoms with Crippen LogP contribution in [0, 0.1) is 17.7 Å². The lowest BCUT2D eigenvalue weighted by molar-refractivity contribution is 0.0512. The van der Waals surface area contributed by atoms with Crippen molar-refractivity contribution in [1.82, 2.24) is 0 Å². The van der Waals surface area contributed by atoms with Crippen molar-refractivity contribution in [2.45, 2.75) is 32.3 Å². The van der Waals surface area contributed by atoms with Gasteiger partial charge in [0, 0.05) is 0 Å². The number of benzene rings is 1. The van der Waals surface area contributed by atoms with E-state index in [1.807, 2.05) is 0 Å². The molecule has 0 radical (unpaired) electrons. The van der Waals surface area contributed by atoms with Gasteiger partial charge in [-0.15, -0.1) is 0 Å². The Morgan fingerprint density at radius 1 is 1.26 bits per heavy atom. The third-order valence-electron chi connectivity index (χ3n) is 3.95. The van der Waals surface area contributed by atoms with Crippen molar-refractivity contribution in [2.75, 3.05) is 13.2 Å². The number of hydrogen-bond donors (Lipinski definition) is 1. The topological polar surface area (TPSA) is 35.2 Å². The lowest BCUT2D eigenvalue weighted by atomic mass is 9.80. The summed E-state index contributed by atoms with van der Waals surface area (Å²) in [6, 6.07) is 4.71. The number of nitrogens with two attached hydrogens (primary N) is 1. The van der Waals surface area contributed by atoms with Crippen LogP contribution in [-0.4, -0.2) is 13.2 Å². The first-order valence-electron chi connectivity index (χ1n) is 6.92. The second kappa shape index (κ2) is 7.22. The lowest BCUT2D eigenvalue weighted by Gasteiger charge is -2.30.